The Morgan fingerprint density at radius 1 is 1.36 bits per heavy atom. The Labute approximate surface area is 80.4 Å². The van der Waals surface area contributed by atoms with Crippen molar-refractivity contribution in [3.05, 3.63) is 9.52 Å². The number of rotatable bonds is 1. The van der Waals surface area contributed by atoms with Gasteiger partial charge in [0.05, 0.1) is 11.6 Å². The van der Waals surface area contributed by atoms with E-state index < -0.39 is 0 Å². The Morgan fingerprint density at radius 3 is 2.55 bits per heavy atom. The Bertz CT molecular complexity index is 161. The summed E-state index contributed by atoms with van der Waals surface area (Å²) in [5, 5.41) is 3.49. The number of ether oxygens (including phenoxy) is 1. The van der Waals surface area contributed by atoms with E-state index in [4.69, 9.17) is 39.5 Å². The number of morpholine rings is 1. The molecule has 0 aliphatic carbocycles. The smallest absolute Gasteiger partial charge is 0.124 e. The van der Waals surface area contributed by atoms with Crippen LogP contribution in [0.15, 0.2) is 9.52 Å². The fraction of sp³-hybridized carbons (Fsp3) is 0.667. The highest BCUT2D eigenvalue weighted by atomic mass is 35.5. The van der Waals surface area contributed by atoms with Crippen molar-refractivity contribution in [1.29, 1.82) is 0 Å². The summed E-state index contributed by atoms with van der Waals surface area (Å²) in [6.07, 6.45) is -0.185. The van der Waals surface area contributed by atoms with Gasteiger partial charge in [-0.15, -0.1) is 0 Å². The average Bonchev–Trinajstić information content (AvgIpc) is 2.05. The number of halogens is 3. The standard InChI is InChI=1S/C6H8Cl3NO/c7-5(6(8)9)4-3-10-1-2-11-4/h4,10H,1-3H2. The Morgan fingerprint density at radius 2 is 2.09 bits per heavy atom. The van der Waals surface area contributed by atoms with Crippen LogP contribution in [0, 0.1) is 0 Å². The van der Waals surface area contributed by atoms with Crippen molar-refractivity contribution in [2.75, 3.05) is 19.7 Å². The van der Waals surface area contributed by atoms with Crippen molar-refractivity contribution in [2.24, 2.45) is 0 Å². The summed E-state index contributed by atoms with van der Waals surface area (Å²) in [5.74, 6) is 0. The SMILES string of the molecule is ClC(Cl)=C(Cl)C1CNCCO1. The molecule has 0 amide bonds. The summed E-state index contributed by atoms with van der Waals surface area (Å²) in [6.45, 7) is 2.16. The van der Waals surface area contributed by atoms with Crippen LogP contribution < -0.4 is 5.32 Å². The molecule has 1 rings (SSSR count). The highest BCUT2D eigenvalue weighted by Crippen LogP contribution is 2.23. The Kier molecular flexibility index (Phi) is 3.96. The summed E-state index contributed by atoms with van der Waals surface area (Å²) >= 11 is 16.7. The van der Waals surface area contributed by atoms with Crippen LogP contribution in [0.4, 0.5) is 0 Å². The van der Waals surface area contributed by atoms with Crippen LogP contribution in [0.3, 0.4) is 0 Å². The normalized spacial score (nSPS) is 24.8. The molecule has 1 atom stereocenters. The summed E-state index contributed by atoms with van der Waals surface area (Å²) in [5.41, 5.74) is 0. The summed E-state index contributed by atoms with van der Waals surface area (Å²) in [7, 11) is 0. The van der Waals surface area contributed by atoms with Gasteiger partial charge in [0.1, 0.15) is 10.6 Å². The zero-order valence-corrected chi connectivity index (χ0v) is 8.01. The topological polar surface area (TPSA) is 21.3 Å². The third-order valence-corrected chi connectivity index (χ3v) is 2.42. The molecule has 2 nitrogen and oxygen atoms in total. The van der Waals surface area contributed by atoms with E-state index in [1.807, 2.05) is 0 Å². The van der Waals surface area contributed by atoms with Crippen molar-refractivity contribution in [3.8, 4) is 0 Å². The third kappa shape index (κ3) is 2.80. The molecule has 0 radical (unpaired) electrons. The van der Waals surface area contributed by atoms with E-state index in [0.717, 1.165) is 6.54 Å². The first-order valence-electron chi connectivity index (χ1n) is 3.25. The van der Waals surface area contributed by atoms with Crippen LogP contribution in [0.25, 0.3) is 0 Å². The van der Waals surface area contributed by atoms with Gasteiger partial charge in [-0.3, -0.25) is 0 Å². The van der Waals surface area contributed by atoms with Gasteiger partial charge >= 0.3 is 0 Å². The van der Waals surface area contributed by atoms with Gasteiger partial charge < -0.3 is 10.1 Å². The van der Waals surface area contributed by atoms with E-state index in [9.17, 15) is 0 Å². The molecule has 0 aromatic heterocycles. The van der Waals surface area contributed by atoms with Crippen molar-refractivity contribution < 1.29 is 4.74 Å². The monoisotopic (exact) mass is 215 g/mol. The molecule has 0 aromatic rings. The molecule has 1 fully saturated rings. The highest BCUT2D eigenvalue weighted by molar-refractivity contribution is 6.59. The van der Waals surface area contributed by atoms with Crippen LogP contribution in [0.1, 0.15) is 0 Å². The molecular weight excluding hydrogens is 208 g/mol. The Balaban J connectivity index is 2.52. The van der Waals surface area contributed by atoms with Crippen molar-refractivity contribution in [3.63, 3.8) is 0 Å². The van der Waals surface area contributed by atoms with Gasteiger partial charge in [0, 0.05) is 13.1 Å². The second-order valence-corrected chi connectivity index (χ2v) is 3.53. The molecule has 64 valence electrons. The molecule has 1 N–H and O–H groups in total. The van der Waals surface area contributed by atoms with Gasteiger partial charge in [-0.25, -0.2) is 0 Å². The minimum Gasteiger partial charge on any atom is -0.370 e. The van der Waals surface area contributed by atoms with E-state index in [0.29, 0.717) is 18.2 Å². The molecule has 0 saturated carbocycles. The summed E-state index contributed by atoms with van der Waals surface area (Å²) in [4.78, 5) is 0. The van der Waals surface area contributed by atoms with Crippen LogP contribution in [0.2, 0.25) is 0 Å². The largest absolute Gasteiger partial charge is 0.370 e. The predicted octanol–water partition coefficient (Wildman–Crippen LogP) is 1.86. The first kappa shape index (κ1) is 9.62. The zero-order chi connectivity index (χ0) is 8.27. The second kappa shape index (κ2) is 4.53. The molecule has 1 heterocycles. The van der Waals surface area contributed by atoms with Crippen LogP contribution in [-0.2, 0) is 4.74 Å². The van der Waals surface area contributed by atoms with Crippen molar-refractivity contribution in [1.82, 2.24) is 5.32 Å². The summed E-state index contributed by atoms with van der Waals surface area (Å²) < 4.78 is 5.36. The first-order valence-corrected chi connectivity index (χ1v) is 4.38. The van der Waals surface area contributed by atoms with Gasteiger partial charge in [-0.1, -0.05) is 34.8 Å². The molecule has 1 saturated heterocycles. The minimum absolute atomic E-state index is 0.0837. The van der Waals surface area contributed by atoms with Gasteiger partial charge in [-0.2, -0.15) is 0 Å². The molecule has 5 heteroatoms. The lowest BCUT2D eigenvalue weighted by Gasteiger charge is -2.22. The maximum Gasteiger partial charge on any atom is 0.124 e. The first-order chi connectivity index (χ1) is 5.22. The number of hydrogen-bond acceptors (Lipinski definition) is 2. The van der Waals surface area contributed by atoms with Crippen LogP contribution in [0.5, 0.6) is 0 Å². The molecule has 11 heavy (non-hydrogen) atoms. The molecule has 1 unspecified atom stereocenters. The van der Waals surface area contributed by atoms with Crippen LogP contribution in [-0.4, -0.2) is 25.8 Å². The van der Waals surface area contributed by atoms with E-state index in [1.54, 1.807) is 0 Å². The van der Waals surface area contributed by atoms with E-state index in [1.165, 1.54) is 0 Å². The third-order valence-electron chi connectivity index (χ3n) is 1.39. The summed E-state index contributed by atoms with van der Waals surface area (Å²) in [6, 6.07) is 0. The molecule has 0 spiro atoms. The fourth-order valence-corrected chi connectivity index (χ4v) is 1.23. The molecular formula is C6H8Cl3NO. The second-order valence-electron chi connectivity index (χ2n) is 2.17. The van der Waals surface area contributed by atoms with Gasteiger partial charge in [0.25, 0.3) is 0 Å². The molecule has 0 aromatic carbocycles. The van der Waals surface area contributed by atoms with Crippen LogP contribution >= 0.6 is 34.8 Å². The molecule has 1 aliphatic rings. The van der Waals surface area contributed by atoms with E-state index in [-0.39, 0.29) is 10.6 Å². The molecule has 1 aliphatic heterocycles. The average molecular weight is 216 g/mol. The number of nitrogens with one attached hydrogen (secondary N) is 1. The lowest BCUT2D eigenvalue weighted by Crippen LogP contribution is -2.38. The number of hydrogen-bond donors (Lipinski definition) is 1. The van der Waals surface area contributed by atoms with E-state index in [2.05, 4.69) is 5.32 Å². The minimum atomic E-state index is -0.185. The maximum atomic E-state index is 5.75. The molecule has 0 bridgehead atoms. The maximum absolute atomic E-state index is 5.75. The van der Waals surface area contributed by atoms with Crippen molar-refractivity contribution in [2.45, 2.75) is 6.10 Å². The lowest BCUT2D eigenvalue weighted by molar-refractivity contribution is 0.0563. The fourth-order valence-electron chi connectivity index (χ4n) is 0.850. The van der Waals surface area contributed by atoms with Gasteiger partial charge in [0.2, 0.25) is 0 Å². The highest BCUT2D eigenvalue weighted by Gasteiger charge is 2.18. The quantitative estimate of drug-likeness (QED) is 0.722. The lowest BCUT2D eigenvalue weighted by atomic mass is 10.3. The van der Waals surface area contributed by atoms with Gasteiger partial charge in [-0.05, 0) is 0 Å². The van der Waals surface area contributed by atoms with E-state index >= 15 is 0 Å². The zero-order valence-electron chi connectivity index (χ0n) is 5.74. The van der Waals surface area contributed by atoms with Crippen molar-refractivity contribution >= 4 is 34.8 Å². The van der Waals surface area contributed by atoms with Gasteiger partial charge in [0.15, 0.2) is 0 Å². The predicted molar refractivity (Wildman–Crippen MR) is 47.2 cm³/mol. The Hall–Kier alpha value is 0.530.